The Labute approximate surface area is 443 Å². The smallest absolute Gasteiger partial charge is 0.418 e. The molecule has 2 unspecified atom stereocenters. The highest BCUT2D eigenvalue weighted by molar-refractivity contribution is 6.03. The van der Waals surface area contributed by atoms with Gasteiger partial charge in [-0.05, 0) is 106 Å². The molecule has 0 N–H and O–H groups in total. The third-order valence-electron chi connectivity index (χ3n) is 15.3. The van der Waals surface area contributed by atoms with E-state index in [0.29, 0.717) is 25.0 Å². The lowest BCUT2D eigenvalue weighted by molar-refractivity contribution is -0.132. The van der Waals surface area contributed by atoms with Gasteiger partial charge < -0.3 is 18.9 Å². The van der Waals surface area contributed by atoms with Crippen LogP contribution in [-0.4, -0.2) is 59.2 Å². The summed E-state index contributed by atoms with van der Waals surface area (Å²) >= 11 is 0. The predicted octanol–water partition coefficient (Wildman–Crippen LogP) is 12.7. The molecule has 8 aromatic carbocycles. The number of ether oxygens (including phenoxy) is 4. The Hall–Kier alpha value is -8.76. The molecule has 10 heteroatoms. The number of amides is 4. The summed E-state index contributed by atoms with van der Waals surface area (Å²) < 4.78 is 24.4. The summed E-state index contributed by atoms with van der Waals surface area (Å²) in [5.74, 6) is 1.53. The minimum atomic E-state index is -1.25. The molecular weight excluding hydrogens is 949 g/mol. The number of carbonyl (C=O) groups is 4. The number of rotatable bonds is 18. The van der Waals surface area contributed by atoms with Crippen LogP contribution in [-0.2, 0) is 43.0 Å². The van der Waals surface area contributed by atoms with Crippen LogP contribution in [0.2, 0.25) is 0 Å². The van der Waals surface area contributed by atoms with E-state index >= 15 is 0 Å². The van der Waals surface area contributed by atoms with Crippen molar-refractivity contribution in [2.24, 2.45) is 11.8 Å². The maximum absolute atomic E-state index is 14.5. The fraction of sp³-hybridized carbons (Fsp3) is 0.212. The molecule has 0 spiro atoms. The highest BCUT2D eigenvalue weighted by atomic mass is 16.6. The summed E-state index contributed by atoms with van der Waals surface area (Å²) in [7, 11) is 0. The van der Waals surface area contributed by atoms with E-state index in [-0.39, 0.29) is 12.8 Å². The van der Waals surface area contributed by atoms with E-state index in [1.807, 2.05) is 231 Å². The second kappa shape index (κ2) is 22.0. The van der Waals surface area contributed by atoms with Crippen LogP contribution >= 0.6 is 0 Å². The van der Waals surface area contributed by atoms with Gasteiger partial charge in [0.2, 0.25) is 0 Å². The van der Waals surface area contributed by atoms with Crippen LogP contribution in [0.3, 0.4) is 0 Å². The van der Waals surface area contributed by atoms with Crippen molar-refractivity contribution in [3.05, 3.63) is 275 Å². The fourth-order valence-electron chi connectivity index (χ4n) is 11.5. The lowest BCUT2D eigenvalue weighted by atomic mass is 9.75. The zero-order valence-electron chi connectivity index (χ0n) is 42.1. The van der Waals surface area contributed by atoms with Crippen molar-refractivity contribution in [2.45, 2.75) is 61.8 Å². The summed E-state index contributed by atoms with van der Waals surface area (Å²) in [4.78, 5) is 59.6. The second-order valence-corrected chi connectivity index (χ2v) is 19.9. The average Bonchev–Trinajstić information content (AvgIpc) is 3.93. The summed E-state index contributed by atoms with van der Waals surface area (Å²) in [6, 6.07) is 73.3. The van der Waals surface area contributed by atoms with Gasteiger partial charge in [-0.3, -0.25) is 9.59 Å². The monoisotopic (exact) mass is 1010 g/mol. The van der Waals surface area contributed by atoms with Crippen LogP contribution in [0.1, 0.15) is 70.2 Å². The highest BCUT2D eigenvalue weighted by Crippen LogP contribution is 2.47. The first-order valence-electron chi connectivity index (χ1n) is 26.2. The number of benzene rings is 8. The number of hydrogen-bond donors (Lipinski definition) is 0. The standard InChI is InChI=1S/C66H58N2O8/c69-61-59(75-63(71)67(61)65(51-19-7-1-8-20-51,52-21-9-2-10-22-52)53-23-11-3-12-24-53)43-47-35-39-57(40-36-47)73-45-49-31-33-50(34-32-49)46-74-58-41-37-48(38-42-58)44-60-62(70)68(64(72)76-60)66(54-25-13-4-14-26-54,55-27-15-5-16-28-55)56-29-17-6-18-30-56/h1-30,35-42,49-50,59-60H,31-34,43-46H2. The molecule has 1 saturated carbocycles. The van der Waals surface area contributed by atoms with E-state index in [0.717, 1.165) is 81.7 Å². The van der Waals surface area contributed by atoms with Gasteiger partial charge in [-0.1, -0.05) is 206 Å². The van der Waals surface area contributed by atoms with Crippen molar-refractivity contribution in [3.63, 3.8) is 0 Å². The van der Waals surface area contributed by atoms with E-state index in [4.69, 9.17) is 18.9 Å². The highest BCUT2D eigenvalue weighted by Gasteiger charge is 2.56. The average molecular weight is 1010 g/mol. The number of hydrogen-bond acceptors (Lipinski definition) is 8. The van der Waals surface area contributed by atoms with Gasteiger partial charge in [-0.15, -0.1) is 0 Å². The summed E-state index contributed by atoms with van der Waals surface area (Å²) in [5, 5.41) is 0. The molecule has 76 heavy (non-hydrogen) atoms. The van der Waals surface area contributed by atoms with Crippen molar-refractivity contribution in [2.75, 3.05) is 13.2 Å². The van der Waals surface area contributed by atoms with E-state index in [1.54, 1.807) is 0 Å². The molecule has 0 aromatic heterocycles. The second-order valence-electron chi connectivity index (χ2n) is 19.9. The first kappa shape index (κ1) is 49.5. The first-order valence-corrected chi connectivity index (χ1v) is 26.2. The summed E-state index contributed by atoms with van der Waals surface area (Å²) in [6.45, 7) is 1.20. The quantitative estimate of drug-likeness (QED) is 0.0782. The minimum Gasteiger partial charge on any atom is -0.493 e. The van der Waals surface area contributed by atoms with E-state index in [9.17, 15) is 19.2 Å². The maximum Gasteiger partial charge on any atom is 0.418 e. The van der Waals surface area contributed by atoms with Gasteiger partial charge in [0.05, 0.1) is 13.2 Å². The van der Waals surface area contributed by atoms with Crippen molar-refractivity contribution >= 4 is 24.0 Å². The zero-order valence-corrected chi connectivity index (χ0v) is 42.1. The van der Waals surface area contributed by atoms with Crippen molar-refractivity contribution in [1.29, 1.82) is 0 Å². The van der Waals surface area contributed by atoms with Crippen LogP contribution in [0.5, 0.6) is 11.5 Å². The van der Waals surface area contributed by atoms with Crippen LogP contribution in [0.25, 0.3) is 0 Å². The van der Waals surface area contributed by atoms with Crippen molar-refractivity contribution in [1.82, 2.24) is 9.80 Å². The van der Waals surface area contributed by atoms with Crippen LogP contribution < -0.4 is 9.47 Å². The van der Waals surface area contributed by atoms with E-state index in [2.05, 4.69) is 0 Å². The maximum atomic E-state index is 14.5. The summed E-state index contributed by atoms with van der Waals surface area (Å²) in [5.41, 5.74) is 3.88. The Kier molecular flexibility index (Phi) is 14.3. The van der Waals surface area contributed by atoms with Gasteiger partial charge >= 0.3 is 12.2 Å². The van der Waals surface area contributed by atoms with E-state index in [1.165, 1.54) is 9.80 Å². The van der Waals surface area contributed by atoms with Crippen molar-refractivity contribution in [3.8, 4) is 11.5 Å². The third kappa shape index (κ3) is 9.63. The molecular formula is C66H58N2O8. The molecule has 1 aliphatic carbocycles. The van der Waals surface area contributed by atoms with Crippen LogP contribution in [0.15, 0.2) is 231 Å². The molecule has 2 saturated heterocycles. The molecule has 2 atom stereocenters. The molecule has 0 radical (unpaired) electrons. The van der Waals surface area contributed by atoms with Gasteiger partial charge in [0.1, 0.15) is 22.6 Å². The molecule has 0 bridgehead atoms. The predicted molar refractivity (Wildman–Crippen MR) is 289 cm³/mol. The SMILES string of the molecule is O=C1OC(Cc2ccc(OCC3CCC(COc4ccc(CC5OC(=O)N(C(c6ccccc6)(c6ccccc6)c6ccccc6)C5=O)cc4)CC3)cc2)C(=O)N1C(c1ccccc1)(c1ccccc1)c1ccccc1. The van der Waals surface area contributed by atoms with Gasteiger partial charge in [-0.2, -0.15) is 0 Å². The molecule has 8 aromatic rings. The normalized spacial score (nSPS) is 18.8. The van der Waals surface area contributed by atoms with Crippen LogP contribution in [0.4, 0.5) is 9.59 Å². The molecule has 2 heterocycles. The lowest BCUT2D eigenvalue weighted by Gasteiger charge is -2.40. The molecule has 4 amide bonds. The summed E-state index contributed by atoms with van der Waals surface area (Å²) in [6.07, 6.45) is 1.20. The molecule has 380 valence electrons. The van der Waals surface area contributed by atoms with Gasteiger partial charge in [0.15, 0.2) is 12.2 Å². The van der Waals surface area contributed by atoms with E-state index < -0.39 is 47.3 Å². The van der Waals surface area contributed by atoms with Crippen LogP contribution in [0, 0.1) is 11.8 Å². The Morgan fingerprint density at radius 1 is 0.355 bits per heavy atom. The molecule has 3 fully saturated rings. The Morgan fingerprint density at radius 3 is 0.855 bits per heavy atom. The topological polar surface area (TPSA) is 112 Å². The number of carbonyl (C=O) groups excluding carboxylic acids is 4. The fourth-order valence-corrected chi connectivity index (χ4v) is 11.5. The van der Waals surface area contributed by atoms with Gasteiger partial charge in [0, 0.05) is 12.8 Å². The number of nitrogens with zero attached hydrogens (tertiary/aromatic N) is 2. The Balaban J connectivity index is 0.666. The number of cyclic esters (lactones) is 2. The minimum absolute atomic E-state index is 0.227. The molecule has 2 aliphatic heterocycles. The lowest BCUT2D eigenvalue weighted by Crippen LogP contribution is -2.51. The largest absolute Gasteiger partial charge is 0.493 e. The molecule has 11 rings (SSSR count). The molecule has 3 aliphatic rings. The van der Waals surface area contributed by atoms with Crippen molar-refractivity contribution < 1.29 is 38.1 Å². The van der Waals surface area contributed by atoms with Gasteiger partial charge in [0.25, 0.3) is 11.8 Å². The first-order chi connectivity index (χ1) is 37.3. The molecule has 10 nitrogen and oxygen atoms in total. The third-order valence-corrected chi connectivity index (χ3v) is 15.3. The Bertz CT molecular complexity index is 2830. The number of imide groups is 2. The zero-order chi connectivity index (χ0) is 51.9. The Morgan fingerprint density at radius 2 is 0.605 bits per heavy atom. The van der Waals surface area contributed by atoms with Gasteiger partial charge in [-0.25, -0.2) is 19.4 Å².